The van der Waals surface area contributed by atoms with Crippen LogP contribution in [0.5, 0.6) is 0 Å². The highest BCUT2D eigenvalue weighted by atomic mass is 35.5. The lowest BCUT2D eigenvalue weighted by Crippen LogP contribution is -2.14. The molecule has 100 valence electrons. The number of aryl methyl sites for hydroxylation is 2. The summed E-state index contributed by atoms with van der Waals surface area (Å²) in [4.78, 5) is 21.7. The number of rotatable bonds is 3. The van der Waals surface area contributed by atoms with E-state index >= 15 is 0 Å². The second-order valence-corrected chi connectivity index (χ2v) is 4.02. The first-order valence-electron chi connectivity index (χ1n) is 5.04. The maximum Gasteiger partial charge on any atom is 0.362 e. The van der Waals surface area contributed by atoms with Gasteiger partial charge < -0.3 is 20.0 Å². The van der Waals surface area contributed by atoms with Gasteiger partial charge in [0.25, 0.3) is 5.91 Å². The monoisotopic (exact) mass is 285 g/mol. The topological polar surface area (TPSA) is 127 Å². The largest absolute Gasteiger partial charge is 0.362 e. The van der Waals surface area contributed by atoms with Gasteiger partial charge >= 0.3 is 5.82 Å². The van der Waals surface area contributed by atoms with Gasteiger partial charge in [-0.2, -0.15) is 0 Å². The minimum atomic E-state index is -0.762. The summed E-state index contributed by atoms with van der Waals surface area (Å²) in [5.74, 6) is -0.818. The molecule has 0 saturated heterocycles. The molecule has 2 rings (SSSR count). The summed E-state index contributed by atoms with van der Waals surface area (Å²) in [5.41, 5.74) is 0.590. The fourth-order valence-electron chi connectivity index (χ4n) is 1.42. The van der Waals surface area contributed by atoms with Crippen molar-refractivity contribution in [3.05, 3.63) is 32.3 Å². The van der Waals surface area contributed by atoms with Crippen molar-refractivity contribution in [3.8, 4) is 0 Å². The summed E-state index contributed by atoms with van der Waals surface area (Å²) < 4.78 is 4.87. The molecule has 2 aromatic rings. The van der Waals surface area contributed by atoms with Gasteiger partial charge in [0, 0.05) is 0 Å². The van der Waals surface area contributed by atoms with E-state index in [1.165, 1.54) is 0 Å². The van der Waals surface area contributed by atoms with Crippen molar-refractivity contribution in [3.63, 3.8) is 0 Å². The minimum absolute atomic E-state index is 0.270. The van der Waals surface area contributed by atoms with Gasteiger partial charge in [0.2, 0.25) is 0 Å². The van der Waals surface area contributed by atoms with Crippen molar-refractivity contribution < 1.29 is 14.2 Å². The van der Waals surface area contributed by atoms with Crippen LogP contribution in [0.15, 0.2) is 4.52 Å². The number of nitro groups is 1. The van der Waals surface area contributed by atoms with Crippen LogP contribution < -0.4 is 5.32 Å². The Hall–Kier alpha value is -2.42. The van der Waals surface area contributed by atoms with Gasteiger partial charge in [-0.15, -0.1) is 5.10 Å². The smallest absolute Gasteiger partial charge is 0.359 e. The third-order valence-electron chi connectivity index (χ3n) is 2.36. The Bertz CT molecular complexity index is 642. The quantitative estimate of drug-likeness (QED) is 0.654. The zero-order valence-electron chi connectivity index (χ0n) is 9.85. The molecule has 0 aliphatic rings. The summed E-state index contributed by atoms with van der Waals surface area (Å²) in [5, 5.41) is 22.0. The Labute approximate surface area is 111 Å². The van der Waals surface area contributed by atoms with Crippen LogP contribution in [-0.2, 0) is 0 Å². The number of amides is 1. The summed E-state index contributed by atoms with van der Waals surface area (Å²) in [6, 6.07) is 0. The van der Waals surface area contributed by atoms with Gasteiger partial charge in [0.1, 0.15) is 11.4 Å². The summed E-state index contributed by atoms with van der Waals surface area (Å²) >= 11 is 5.70. The Balaban J connectivity index is 2.29. The fraction of sp³-hybridized carbons (Fsp3) is 0.222. The molecule has 0 aliphatic heterocycles. The maximum atomic E-state index is 11.9. The van der Waals surface area contributed by atoms with Crippen molar-refractivity contribution in [2.45, 2.75) is 13.8 Å². The Morgan fingerprint density at radius 1 is 1.53 bits per heavy atom. The normalized spacial score (nSPS) is 10.5. The molecule has 2 aromatic heterocycles. The highest BCUT2D eigenvalue weighted by Gasteiger charge is 2.26. The molecule has 0 fully saturated rings. The first-order chi connectivity index (χ1) is 8.91. The molecule has 10 heteroatoms. The highest BCUT2D eigenvalue weighted by Crippen LogP contribution is 2.26. The third kappa shape index (κ3) is 2.27. The predicted molar refractivity (Wildman–Crippen MR) is 64.2 cm³/mol. The molecule has 0 bridgehead atoms. The highest BCUT2D eigenvalue weighted by molar-refractivity contribution is 6.35. The molecule has 0 aromatic carbocycles. The molecule has 0 unspecified atom stereocenters. The molecular weight excluding hydrogens is 278 g/mol. The molecule has 19 heavy (non-hydrogen) atoms. The van der Waals surface area contributed by atoms with Crippen LogP contribution in [0.3, 0.4) is 0 Å². The lowest BCUT2D eigenvalue weighted by Gasteiger charge is -2.00. The van der Waals surface area contributed by atoms with Crippen LogP contribution in [0.2, 0.25) is 5.02 Å². The van der Waals surface area contributed by atoms with Crippen molar-refractivity contribution in [2.24, 2.45) is 0 Å². The van der Waals surface area contributed by atoms with Gasteiger partial charge in [-0.05, 0) is 18.8 Å². The molecule has 2 heterocycles. The number of hydrogen-bond donors (Lipinski definition) is 2. The molecule has 1 amide bonds. The van der Waals surface area contributed by atoms with Crippen molar-refractivity contribution in [2.75, 3.05) is 5.32 Å². The van der Waals surface area contributed by atoms with E-state index in [9.17, 15) is 14.9 Å². The number of nitrogens with zero attached hydrogens (tertiary/aromatic N) is 3. The van der Waals surface area contributed by atoms with Gasteiger partial charge in [-0.25, -0.2) is 0 Å². The summed E-state index contributed by atoms with van der Waals surface area (Å²) in [6.07, 6.45) is 0. The number of nitrogens with one attached hydrogen (secondary N) is 2. The number of carbonyl (C=O) groups is 1. The third-order valence-corrected chi connectivity index (χ3v) is 2.72. The Kier molecular flexibility index (Phi) is 3.21. The van der Waals surface area contributed by atoms with Crippen LogP contribution >= 0.6 is 11.6 Å². The predicted octanol–water partition coefficient (Wildman–Crippen LogP) is 1.83. The lowest BCUT2D eigenvalue weighted by atomic mass is 10.3. The molecule has 0 spiro atoms. The summed E-state index contributed by atoms with van der Waals surface area (Å²) in [7, 11) is 0. The van der Waals surface area contributed by atoms with E-state index in [4.69, 9.17) is 16.1 Å². The average Bonchev–Trinajstić information content (AvgIpc) is 2.86. The van der Waals surface area contributed by atoms with Gasteiger partial charge in [0.15, 0.2) is 16.5 Å². The van der Waals surface area contributed by atoms with Crippen molar-refractivity contribution in [1.29, 1.82) is 0 Å². The van der Waals surface area contributed by atoms with E-state index in [0.717, 1.165) is 0 Å². The minimum Gasteiger partial charge on any atom is -0.359 e. The SMILES string of the molecule is Cc1noc(C)c1NC(=O)c1n[nH]c([N+](=O)[O-])c1Cl. The number of anilines is 1. The zero-order valence-corrected chi connectivity index (χ0v) is 10.6. The van der Waals surface area contributed by atoms with Crippen molar-refractivity contribution >= 4 is 29.0 Å². The van der Waals surface area contributed by atoms with E-state index in [2.05, 4.69) is 20.7 Å². The van der Waals surface area contributed by atoms with E-state index in [-0.39, 0.29) is 10.7 Å². The van der Waals surface area contributed by atoms with Crippen LogP contribution in [0, 0.1) is 24.0 Å². The van der Waals surface area contributed by atoms with E-state index in [0.29, 0.717) is 17.1 Å². The van der Waals surface area contributed by atoms with Crippen LogP contribution in [0.4, 0.5) is 11.5 Å². The lowest BCUT2D eigenvalue weighted by molar-refractivity contribution is -0.389. The maximum absolute atomic E-state index is 11.9. The summed E-state index contributed by atoms with van der Waals surface area (Å²) in [6.45, 7) is 3.25. The van der Waals surface area contributed by atoms with Gasteiger partial charge in [-0.1, -0.05) is 21.9 Å². The van der Waals surface area contributed by atoms with Crippen LogP contribution in [0.1, 0.15) is 21.9 Å². The first-order valence-corrected chi connectivity index (χ1v) is 5.42. The zero-order chi connectivity index (χ0) is 14.2. The number of carbonyl (C=O) groups excluding carboxylic acids is 1. The number of aromatic nitrogens is 3. The number of hydrogen-bond acceptors (Lipinski definition) is 6. The Morgan fingerprint density at radius 2 is 2.21 bits per heavy atom. The van der Waals surface area contributed by atoms with E-state index in [1.54, 1.807) is 13.8 Å². The van der Waals surface area contributed by atoms with Gasteiger partial charge in [-0.3, -0.25) is 4.79 Å². The second-order valence-electron chi connectivity index (χ2n) is 3.65. The molecule has 2 N–H and O–H groups in total. The number of aromatic amines is 1. The molecule has 9 nitrogen and oxygen atoms in total. The molecule has 0 atom stereocenters. The molecule has 0 saturated carbocycles. The van der Waals surface area contributed by atoms with E-state index in [1.807, 2.05) is 0 Å². The number of H-pyrrole nitrogens is 1. The fourth-order valence-corrected chi connectivity index (χ4v) is 1.66. The molecule has 0 aliphatic carbocycles. The van der Waals surface area contributed by atoms with Crippen molar-refractivity contribution in [1.82, 2.24) is 15.4 Å². The van der Waals surface area contributed by atoms with E-state index < -0.39 is 16.6 Å². The molecule has 0 radical (unpaired) electrons. The Morgan fingerprint density at radius 3 is 2.68 bits per heavy atom. The second kappa shape index (κ2) is 4.69. The molecular formula is C9H8ClN5O4. The first kappa shape index (κ1) is 13.0. The average molecular weight is 286 g/mol. The standard InChI is InChI=1S/C9H8ClN5O4/c1-3-6(4(2)19-14-3)11-9(16)7-5(10)8(13-12-7)15(17)18/h1-2H3,(H,11,16)(H,12,13). The van der Waals surface area contributed by atoms with Gasteiger partial charge in [0.05, 0.1) is 0 Å². The van der Waals surface area contributed by atoms with Crippen LogP contribution in [0.25, 0.3) is 0 Å². The number of halogens is 1. The van der Waals surface area contributed by atoms with Crippen LogP contribution in [-0.4, -0.2) is 26.2 Å².